The highest BCUT2D eigenvalue weighted by atomic mass is 79.9. The van der Waals surface area contributed by atoms with Crippen LogP contribution in [0.5, 0.6) is 5.75 Å². The number of ketones is 1. The normalized spacial score (nSPS) is 17.6. The van der Waals surface area contributed by atoms with Crippen molar-refractivity contribution in [2.45, 2.75) is 12.5 Å². The lowest BCUT2D eigenvalue weighted by atomic mass is 9.96. The van der Waals surface area contributed by atoms with Crippen molar-refractivity contribution >= 4 is 33.3 Å². The van der Waals surface area contributed by atoms with Crippen molar-refractivity contribution in [1.29, 1.82) is 0 Å². The summed E-state index contributed by atoms with van der Waals surface area (Å²) in [6, 6.07) is 9.59. The summed E-state index contributed by atoms with van der Waals surface area (Å²) in [4.78, 5) is 12.1. The maximum absolute atomic E-state index is 13.9. The quantitative estimate of drug-likeness (QED) is 0.723. The molecular formula is C15H9BrClFO2. The molecule has 0 radical (unpaired) electrons. The van der Waals surface area contributed by atoms with Crippen molar-refractivity contribution in [3.05, 3.63) is 62.8 Å². The van der Waals surface area contributed by atoms with E-state index < -0.39 is 11.9 Å². The monoisotopic (exact) mass is 354 g/mol. The van der Waals surface area contributed by atoms with Gasteiger partial charge in [-0.25, -0.2) is 4.39 Å². The average Bonchev–Trinajstić information content (AvgIpc) is 2.38. The van der Waals surface area contributed by atoms with Crippen LogP contribution in [0.1, 0.15) is 28.4 Å². The highest BCUT2D eigenvalue weighted by Crippen LogP contribution is 2.39. The summed E-state index contributed by atoms with van der Waals surface area (Å²) in [5.41, 5.74) is 0.741. The van der Waals surface area contributed by atoms with Crippen molar-refractivity contribution in [2.24, 2.45) is 0 Å². The summed E-state index contributed by atoms with van der Waals surface area (Å²) in [7, 11) is 0. The number of rotatable bonds is 1. The molecule has 0 amide bonds. The Morgan fingerprint density at radius 1 is 1.30 bits per heavy atom. The van der Waals surface area contributed by atoms with Crippen LogP contribution in [0.4, 0.5) is 4.39 Å². The van der Waals surface area contributed by atoms with E-state index in [2.05, 4.69) is 15.9 Å². The fourth-order valence-electron chi connectivity index (χ4n) is 2.28. The number of Topliss-reactive ketones (excluding diaryl/α,β-unsaturated/α-hetero) is 1. The molecule has 1 atom stereocenters. The number of ether oxygens (including phenoxy) is 1. The van der Waals surface area contributed by atoms with Crippen LogP contribution >= 0.6 is 27.5 Å². The summed E-state index contributed by atoms with van der Waals surface area (Å²) >= 11 is 9.35. The SMILES string of the molecule is O=C1CC(c2c(F)cccc2Cl)Oc2cc(Br)ccc21. The topological polar surface area (TPSA) is 26.3 Å². The third-order valence-electron chi connectivity index (χ3n) is 3.21. The van der Waals surface area contributed by atoms with Gasteiger partial charge in [0, 0.05) is 10.0 Å². The molecule has 0 saturated heterocycles. The van der Waals surface area contributed by atoms with Gasteiger partial charge in [-0.2, -0.15) is 0 Å². The van der Waals surface area contributed by atoms with Gasteiger partial charge in [0.2, 0.25) is 0 Å². The van der Waals surface area contributed by atoms with Gasteiger partial charge in [0.1, 0.15) is 17.7 Å². The van der Waals surface area contributed by atoms with E-state index in [0.29, 0.717) is 11.3 Å². The van der Waals surface area contributed by atoms with Crippen LogP contribution < -0.4 is 4.74 Å². The van der Waals surface area contributed by atoms with E-state index in [-0.39, 0.29) is 22.8 Å². The first kappa shape index (κ1) is 13.6. The van der Waals surface area contributed by atoms with E-state index in [9.17, 15) is 9.18 Å². The van der Waals surface area contributed by atoms with Crippen LogP contribution in [0.2, 0.25) is 5.02 Å². The molecule has 20 heavy (non-hydrogen) atoms. The number of halogens is 3. The number of hydrogen-bond donors (Lipinski definition) is 0. The molecule has 1 unspecified atom stereocenters. The molecule has 2 nitrogen and oxygen atoms in total. The van der Waals surface area contributed by atoms with Crippen LogP contribution in [0.15, 0.2) is 40.9 Å². The van der Waals surface area contributed by atoms with Gasteiger partial charge in [-0.15, -0.1) is 0 Å². The van der Waals surface area contributed by atoms with E-state index in [1.54, 1.807) is 24.3 Å². The molecule has 2 aromatic rings. The minimum atomic E-state index is -0.696. The van der Waals surface area contributed by atoms with Crippen LogP contribution in [0.3, 0.4) is 0 Å². The molecule has 3 rings (SSSR count). The first-order valence-electron chi connectivity index (χ1n) is 5.99. The van der Waals surface area contributed by atoms with Gasteiger partial charge in [0.05, 0.1) is 17.0 Å². The average molecular weight is 356 g/mol. The van der Waals surface area contributed by atoms with Crippen molar-refractivity contribution in [2.75, 3.05) is 0 Å². The number of fused-ring (bicyclic) bond motifs is 1. The van der Waals surface area contributed by atoms with Gasteiger partial charge in [-0.1, -0.05) is 33.6 Å². The highest BCUT2D eigenvalue weighted by Gasteiger charge is 2.30. The van der Waals surface area contributed by atoms with Gasteiger partial charge < -0.3 is 4.74 Å². The van der Waals surface area contributed by atoms with Gasteiger partial charge in [-0.05, 0) is 30.3 Å². The molecule has 1 aliphatic heterocycles. The van der Waals surface area contributed by atoms with E-state index in [1.165, 1.54) is 12.1 Å². The van der Waals surface area contributed by atoms with Gasteiger partial charge >= 0.3 is 0 Å². The second kappa shape index (κ2) is 5.19. The molecule has 1 heterocycles. The largest absolute Gasteiger partial charge is 0.484 e. The van der Waals surface area contributed by atoms with Crippen molar-refractivity contribution in [3.63, 3.8) is 0 Å². The molecule has 0 spiro atoms. The smallest absolute Gasteiger partial charge is 0.170 e. The van der Waals surface area contributed by atoms with Crippen LogP contribution in [0.25, 0.3) is 0 Å². The Bertz CT molecular complexity index is 682. The first-order chi connectivity index (χ1) is 9.56. The molecule has 0 bridgehead atoms. The third-order valence-corrected chi connectivity index (χ3v) is 4.03. The highest BCUT2D eigenvalue weighted by molar-refractivity contribution is 9.10. The fourth-order valence-corrected chi connectivity index (χ4v) is 2.90. The third kappa shape index (κ3) is 2.34. The molecular weight excluding hydrogens is 347 g/mol. The Morgan fingerprint density at radius 2 is 2.10 bits per heavy atom. The first-order valence-corrected chi connectivity index (χ1v) is 7.16. The second-order valence-corrected chi connectivity index (χ2v) is 5.83. The number of carbonyl (C=O) groups excluding carboxylic acids is 1. The van der Waals surface area contributed by atoms with Crippen LogP contribution in [-0.2, 0) is 0 Å². The minimum absolute atomic E-state index is 0.0787. The standard InChI is InChI=1S/C15H9BrClFO2/c16-8-4-5-9-12(19)7-14(20-13(9)6-8)15-10(17)2-1-3-11(15)18/h1-6,14H,7H2. The molecule has 0 aliphatic carbocycles. The van der Waals surface area contributed by atoms with Crippen molar-refractivity contribution in [1.82, 2.24) is 0 Å². The molecule has 0 aromatic heterocycles. The molecule has 2 aromatic carbocycles. The maximum Gasteiger partial charge on any atom is 0.170 e. The summed E-state index contributed by atoms with van der Waals surface area (Å²) in [6.45, 7) is 0. The maximum atomic E-state index is 13.9. The molecule has 0 N–H and O–H groups in total. The molecule has 1 aliphatic rings. The summed E-state index contributed by atoms with van der Waals surface area (Å²) in [5.74, 6) is -0.100. The predicted molar refractivity (Wildman–Crippen MR) is 77.9 cm³/mol. The number of hydrogen-bond acceptors (Lipinski definition) is 2. The molecule has 0 fully saturated rings. The summed E-state index contributed by atoms with van der Waals surface area (Å²) < 4.78 is 20.5. The summed E-state index contributed by atoms with van der Waals surface area (Å²) in [6.07, 6.45) is -0.618. The Morgan fingerprint density at radius 3 is 2.85 bits per heavy atom. The molecule has 5 heteroatoms. The van der Waals surface area contributed by atoms with Gasteiger partial charge in [0.15, 0.2) is 5.78 Å². The number of carbonyl (C=O) groups is 1. The lowest BCUT2D eigenvalue weighted by molar-refractivity contribution is 0.0846. The zero-order valence-corrected chi connectivity index (χ0v) is 12.5. The van der Waals surface area contributed by atoms with Crippen LogP contribution in [0, 0.1) is 5.82 Å². The van der Waals surface area contributed by atoms with Crippen molar-refractivity contribution < 1.29 is 13.9 Å². The van der Waals surface area contributed by atoms with Gasteiger partial charge in [0.25, 0.3) is 0 Å². The number of benzene rings is 2. The molecule has 102 valence electrons. The lowest BCUT2D eigenvalue weighted by Crippen LogP contribution is -2.21. The molecule has 0 saturated carbocycles. The van der Waals surface area contributed by atoms with Crippen molar-refractivity contribution in [3.8, 4) is 5.75 Å². The van der Waals surface area contributed by atoms with E-state index >= 15 is 0 Å². The summed E-state index contributed by atoms with van der Waals surface area (Å²) in [5, 5.41) is 0.265. The van der Waals surface area contributed by atoms with E-state index in [4.69, 9.17) is 16.3 Å². The zero-order chi connectivity index (χ0) is 14.3. The predicted octanol–water partition coefficient (Wildman–Crippen LogP) is 4.95. The fraction of sp³-hybridized carbons (Fsp3) is 0.133. The van der Waals surface area contributed by atoms with E-state index in [1.807, 2.05) is 0 Å². The van der Waals surface area contributed by atoms with Crippen LogP contribution in [-0.4, -0.2) is 5.78 Å². The lowest BCUT2D eigenvalue weighted by Gasteiger charge is -2.26. The Balaban J connectivity index is 2.05. The Hall–Kier alpha value is -1.39. The minimum Gasteiger partial charge on any atom is -0.484 e. The Labute approximate surface area is 128 Å². The van der Waals surface area contributed by atoms with E-state index in [0.717, 1.165) is 4.47 Å². The zero-order valence-electron chi connectivity index (χ0n) is 10.2. The van der Waals surface area contributed by atoms with Gasteiger partial charge in [-0.3, -0.25) is 4.79 Å². The Kier molecular flexibility index (Phi) is 3.52. The second-order valence-electron chi connectivity index (χ2n) is 4.51.